The summed E-state index contributed by atoms with van der Waals surface area (Å²) in [6, 6.07) is 7.30. The van der Waals surface area contributed by atoms with Crippen LogP contribution in [0.25, 0.3) is 0 Å². The molecule has 3 N–H and O–H groups in total. The average molecular weight is 308 g/mol. The van der Waals surface area contributed by atoms with Gasteiger partial charge in [0.1, 0.15) is 6.61 Å². The number of aliphatic carboxylic acids is 1. The molecule has 0 saturated carbocycles. The van der Waals surface area contributed by atoms with E-state index in [1.807, 2.05) is 18.2 Å². The molecule has 8 nitrogen and oxygen atoms in total. The molecule has 0 radical (unpaired) electrons. The molecule has 0 fully saturated rings. The molecule has 9 heteroatoms. The summed E-state index contributed by atoms with van der Waals surface area (Å²) in [5.41, 5.74) is 0. The number of nitrogen functional groups attached to an aromatic ring is 1. The second-order valence-corrected chi connectivity index (χ2v) is 5.20. The van der Waals surface area contributed by atoms with Gasteiger partial charge in [-0.2, -0.15) is 0 Å². The Hall–Kier alpha value is -2.42. The van der Waals surface area contributed by atoms with Crippen LogP contribution in [0.15, 0.2) is 29.4 Å². The maximum absolute atomic E-state index is 10.6. The fourth-order valence-corrected chi connectivity index (χ4v) is 2.46. The van der Waals surface area contributed by atoms with Crippen molar-refractivity contribution in [3.8, 4) is 11.5 Å². The van der Waals surface area contributed by atoms with Crippen LogP contribution in [0.3, 0.4) is 0 Å². The van der Waals surface area contributed by atoms with E-state index in [9.17, 15) is 4.79 Å². The van der Waals surface area contributed by atoms with Gasteiger partial charge in [-0.3, -0.25) is 4.79 Å². The minimum Gasteiger partial charge on any atom is -0.485 e. The minimum atomic E-state index is -0.948. The van der Waals surface area contributed by atoms with Gasteiger partial charge in [0.2, 0.25) is 5.16 Å². The van der Waals surface area contributed by atoms with Gasteiger partial charge < -0.3 is 20.4 Å². The lowest BCUT2D eigenvalue weighted by Gasteiger charge is -2.25. The Morgan fingerprint density at radius 2 is 2.19 bits per heavy atom. The van der Waals surface area contributed by atoms with Gasteiger partial charge in [0, 0.05) is 0 Å². The lowest BCUT2D eigenvalue weighted by molar-refractivity contribution is -0.133. The highest BCUT2D eigenvalue weighted by Crippen LogP contribution is 2.35. The standard InChI is InChI=1S/C12H12N4O4S/c13-16-11(14-15-12(16)21-6-10(17)18)9-5-19-7-3-1-2-4-8(7)20-9/h1-4,9H,5-6,13H2,(H,17,18). The van der Waals surface area contributed by atoms with E-state index in [-0.39, 0.29) is 12.4 Å². The van der Waals surface area contributed by atoms with E-state index >= 15 is 0 Å². The van der Waals surface area contributed by atoms with Gasteiger partial charge in [0.05, 0.1) is 5.75 Å². The lowest BCUT2D eigenvalue weighted by atomic mass is 10.2. The number of nitrogens with two attached hydrogens (primary N) is 1. The van der Waals surface area contributed by atoms with Crippen molar-refractivity contribution in [3.63, 3.8) is 0 Å². The smallest absolute Gasteiger partial charge is 0.313 e. The van der Waals surface area contributed by atoms with E-state index < -0.39 is 12.1 Å². The van der Waals surface area contributed by atoms with Crippen LogP contribution in [0.5, 0.6) is 11.5 Å². The Bertz CT molecular complexity index is 675. The van der Waals surface area contributed by atoms with Gasteiger partial charge in [0.15, 0.2) is 23.4 Å². The van der Waals surface area contributed by atoms with Gasteiger partial charge in [-0.1, -0.05) is 23.9 Å². The van der Waals surface area contributed by atoms with Gasteiger partial charge in [-0.05, 0) is 12.1 Å². The molecule has 2 heterocycles. The second-order valence-electron chi connectivity index (χ2n) is 4.26. The van der Waals surface area contributed by atoms with Gasteiger partial charge >= 0.3 is 5.97 Å². The number of carboxylic acid groups (broad SMARTS) is 1. The molecule has 21 heavy (non-hydrogen) atoms. The predicted octanol–water partition coefficient (Wildman–Crippen LogP) is 0.681. The molecule has 1 aromatic heterocycles. The summed E-state index contributed by atoms with van der Waals surface area (Å²) in [4.78, 5) is 10.6. The summed E-state index contributed by atoms with van der Waals surface area (Å²) in [7, 11) is 0. The number of thioether (sulfide) groups is 1. The molecule has 1 aliphatic heterocycles. The number of fused-ring (bicyclic) bond motifs is 1. The summed E-state index contributed by atoms with van der Waals surface area (Å²) in [6.07, 6.45) is -0.489. The second kappa shape index (κ2) is 5.52. The van der Waals surface area contributed by atoms with Crippen molar-refractivity contribution in [1.29, 1.82) is 0 Å². The van der Waals surface area contributed by atoms with Crippen LogP contribution in [0.1, 0.15) is 11.9 Å². The van der Waals surface area contributed by atoms with Crippen molar-refractivity contribution >= 4 is 17.7 Å². The Balaban J connectivity index is 1.78. The maximum Gasteiger partial charge on any atom is 0.313 e. The molecule has 1 atom stereocenters. The average Bonchev–Trinajstić information content (AvgIpc) is 2.85. The number of carbonyl (C=O) groups is 1. The number of benzene rings is 1. The topological polar surface area (TPSA) is 112 Å². The zero-order chi connectivity index (χ0) is 14.8. The summed E-state index contributed by atoms with van der Waals surface area (Å²) in [6.45, 7) is 0.260. The Morgan fingerprint density at radius 1 is 1.43 bits per heavy atom. The van der Waals surface area contributed by atoms with E-state index in [2.05, 4.69) is 10.2 Å². The zero-order valence-electron chi connectivity index (χ0n) is 10.8. The highest BCUT2D eigenvalue weighted by molar-refractivity contribution is 7.99. The maximum atomic E-state index is 10.6. The molecular weight excluding hydrogens is 296 g/mol. The van der Waals surface area contributed by atoms with E-state index in [1.54, 1.807) is 6.07 Å². The van der Waals surface area contributed by atoms with Crippen molar-refractivity contribution in [2.45, 2.75) is 11.3 Å². The fraction of sp³-hybridized carbons (Fsp3) is 0.250. The van der Waals surface area contributed by atoms with Crippen LogP contribution in [-0.4, -0.2) is 38.3 Å². The third kappa shape index (κ3) is 2.72. The predicted molar refractivity (Wildman–Crippen MR) is 73.8 cm³/mol. The highest BCUT2D eigenvalue weighted by Gasteiger charge is 2.28. The first-order valence-electron chi connectivity index (χ1n) is 6.08. The molecule has 110 valence electrons. The van der Waals surface area contributed by atoms with Crippen molar-refractivity contribution in [1.82, 2.24) is 14.9 Å². The highest BCUT2D eigenvalue weighted by atomic mass is 32.2. The van der Waals surface area contributed by atoms with Crippen molar-refractivity contribution in [2.24, 2.45) is 0 Å². The number of hydrogen-bond acceptors (Lipinski definition) is 7. The van der Waals surface area contributed by atoms with Gasteiger partial charge in [-0.15, -0.1) is 10.2 Å². The number of para-hydroxylation sites is 2. The monoisotopic (exact) mass is 308 g/mol. The number of carboxylic acids is 1. The van der Waals surface area contributed by atoms with E-state index in [0.29, 0.717) is 22.5 Å². The number of nitrogens with zero attached hydrogens (tertiary/aromatic N) is 3. The zero-order valence-corrected chi connectivity index (χ0v) is 11.6. The van der Waals surface area contributed by atoms with Crippen molar-refractivity contribution < 1.29 is 19.4 Å². The van der Waals surface area contributed by atoms with E-state index in [4.69, 9.17) is 20.4 Å². The molecule has 0 saturated heterocycles. The van der Waals surface area contributed by atoms with Crippen molar-refractivity contribution in [2.75, 3.05) is 18.2 Å². The molecule has 0 bridgehead atoms. The Kier molecular flexibility index (Phi) is 3.57. The Morgan fingerprint density at radius 3 is 2.95 bits per heavy atom. The van der Waals surface area contributed by atoms with Crippen LogP contribution in [0, 0.1) is 0 Å². The number of aromatic nitrogens is 3. The Labute approximate surface area is 123 Å². The SMILES string of the molecule is Nn1c(SCC(=O)O)nnc1C1COc2ccccc2O1. The third-order valence-corrected chi connectivity index (χ3v) is 3.74. The quantitative estimate of drug-likeness (QED) is 0.626. The minimum absolute atomic E-state index is 0.139. The van der Waals surface area contributed by atoms with E-state index in [0.717, 1.165) is 11.8 Å². The molecule has 0 aliphatic carbocycles. The fourth-order valence-electron chi connectivity index (χ4n) is 1.88. The summed E-state index contributed by atoms with van der Waals surface area (Å²) >= 11 is 0.994. The molecule has 3 rings (SSSR count). The first kappa shape index (κ1) is 13.6. The molecule has 2 aromatic rings. The van der Waals surface area contributed by atoms with Gasteiger partial charge in [-0.25, -0.2) is 4.68 Å². The molecule has 0 amide bonds. The van der Waals surface area contributed by atoms with Crippen molar-refractivity contribution in [3.05, 3.63) is 30.1 Å². The molecule has 1 unspecified atom stereocenters. The third-order valence-electron chi connectivity index (χ3n) is 2.81. The summed E-state index contributed by atoms with van der Waals surface area (Å²) < 4.78 is 12.6. The van der Waals surface area contributed by atoms with Crippen LogP contribution in [0.4, 0.5) is 0 Å². The largest absolute Gasteiger partial charge is 0.485 e. The summed E-state index contributed by atoms with van der Waals surface area (Å²) in [5, 5.41) is 16.8. The van der Waals surface area contributed by atoms with Crippen LogP contribution >= 0.6 is 11.8 Å². The number of rotatable bonds is 4. The van der Waals surface area contributed by atoms with Crippen LogP contribution in [-0.2, 0) is 4.79 Å². The van der Waals surface area contributed by atoms with Gasteiger partial charge in [0.25, 0.3) is 0 Å². The molecule has 1 aromatic carbocycles. The number of hydrogen-bond donors (Lipinski definition) is 2. The normalized spacial score (nSPS) is 16.7. The first-order valence-corrected chi connectivity index (χ1v) is 7.07. The molecule has 1 aliphatic rings. The molecule has 0 spiro atoms. The first-order chi connectivity index (χ1) is 10.1. The van der Waals surface area contributed by atoms with Crippen LogP contribution in [0.2, 0.25) is 0 Å². The number of ether oxygens (including phenoxy) is 2. The lowest BCUT2D eigenvalue weighted by Crippen LogP contribution is -2.27. The van der Waals surface area contributed by atoms with Crippen LogP contribution < -0.4 is 15.3 Å². The molecular formula is C12H12N4O4S. The van der Waals surface area contributed by atoms with E-state index in [1.165, 1.54) is 4.68 Å². The summed E-state index contributed by atoms with van der Waals surface area (Å²) in [5.74, 6) is 6.45.